The highest BCUT2D eigenvalue weighted by atomic mass is 35.5. The van der Waals surface area contributed by atoms with Crippen molar-refractivity contribution >= 4 is 17.5 Å². The minimum atomic E-state index is -0.569. The summed E-state index contributed by atoms with van der Waals surface area (Å²) in [5, 5.41) is 3.50. The molecule has 134 valence electrons. The van der Waals surface area contributed by atoms with E-state index in [2.05, 4.69) is 5.32 Å². The molecule has 0 radical (unpaired) electrons. The zero-order valence-corrected chi connectivity index (χ0v) is 15.5. The van der Waals surface area contributed by atoms with Crippen molar-refractivity contribution < 1.29 is 14.3 Å². The van der Waals surface area contributed by atoms with E-state index in [-0.39, 0.29) is 11.9 Å². The molecule has 25 heavy (non-hydrogen) atoms. The highest BCUT2D eigenvalue weighted by Gasteiger charge is 2.20. The third kappa shape index (κ3) is 6.31. The maximum Gasteiger partial charge on any atom is 0.261 e. The van der Waals surface area contributed by atoms with Crippen LogP contribution in [0.2, 0.25) is 5.02 Å². The van der Waals surface area contributed by atoms with E-state index in [1.54, 1.807) is 24.3 Å². The Hall–Kier alpha value is -2.20. The normalized spacial score (nSPS) is 13.0. The number of hydrogen-bond acceptors (Lipinski definition) is 3. The molecule has 0 aliphatic carbocycles. The van der Waals surface area contributed by atoms with E-state index in [0.717, 1.165) is 5.75 Å². The molecular weight excluding hydrogens is 338 g/mol. The summed E-state index contributed by atoms with van der Waals surface area (Å²) in [5.41, 5.74) is 1.18. The van der Waals surface area contributed by atoms with Gasteiger partial charge in [-0.3, -0.25) is 4.79 Å². The van der Waals surface area contributed by atoms with Crippen LogP contribution in [0.15, 0.2) is 48.5 Å². The van der Waals surface area contributed by atoms with Gasteiger partial charge in [-0.25, -0.2) is 0 Å². The van der Waals surface area contributed by atoms with E-state index in [1.165, 1.54) is 5.56 Å². The van der Waals surface area contributed by atoms with Crippen molar-refractivity contribution in [3.63, 3.8) is 0 Å². The van der Waals surface area contributed by atoms with Crippen molar-refractivity contribution in [2.45, 2.75) is 39.3 Å². The molecule has 4 nitrogen and oxygen atoms in total. The van der Waals surface area contributed by atoms with Crippen molar-refractivity contribution in [1.82, 2.24) is 5.32 Å². The molecule has 0 unspecified atom stereocenters. The maximum atomic E-state index is 12.4. The predicted octanol–water partition coefficient (Wildman–Crippen LogP) is 4.39. The van der Waals surface area contributed by atoms with Gasteiger partial charge in [-0.1, -0.05) is 42.3 Å². The fourth-order valence-corrected chi connectivity index (χ4v) is 2.44. The van der Waals surface area contributed by atoms with Gasteiger partial charge in [0, 0.05) is 5.02 Å². The summed E-state index contributed by atoms with van der Waals surface area (Å²) in [7, 11) is 0. The second-order valence-electron chi connectivity index (χ2n) is 6.01. The molecule has 0 fully saturated rings. The Labute approximate surface area is 154 Å². The van der Waals surface area contributed by atoms with Crippen LogP contribution in [-0.2, 0) is 4.79 Å². The number of carbonyl (C=O) groups excluding carboxylic acids is 1. The van der Waals surface area contributed by atoms with Crippen LogP contribution in [0.4, 0.5) is 0 Å². The Morgan fingerprint density at radius 1 is 1.16 bits per heavy atom. The third-order valence-corrected chi connectivity index (χ3v) is 3.88. The summed E-state index contributed by atoms with van der Waals surface area (Å²) >= 11 is 5.95. The van der Waals surface area contributed by atoms with E-state index < -0.39 is 6.10 Å². The lowest BCUT2D eigenvalue weighted by molar-refractivity contribution is -0.128. The van der Waals surface area contributed by atoms with Crippen LogP contribution in [0.1, 0.15) is 25.8 Å². The number of amides is 1. The Kier molecular flexibility index (Phi) is 7.14. The van der Waals surface area contributed by atoms with Gasteiger partial charge in [-0.15, -0.1) is 0 Å². The molecule has 0 aromatic heterocycles. The molecule has 0 spiro atoms. The molecule has 0 saturated carbocycles. The van der Waals surface area contributed by atoms with Gasteiger partial charge in [0.25, 0.3) is 5.91 Å². The standard InChI is InChI=1S/C20H24ClNO3/c1-4-19(25-18-7-5-6-16(21)12-18)20(23)22-15(3)13-24-17-10-8-14(2)9-11-17/h5-12,15,19H,4,13H2,1-3H3,(H,22,23)/t15-,19-/m0/s1. The molecule has 1 amide bonds. The zero-order valence-electron chi connectivity index (χ0n) is 14.8. The summed E-state index contributed by atoms with van der Waals surface area (Å²) in [6.45, 7) is 6.22. The van der Waals surface area contributed by atoms with Crippen LogP contribution < -0.4 is 14.8 Å². The Bertz CT molecular complexity index is 688. The van der Waals surface area contributed by atoms with Crippen molar-refractivity contribution in [2.75, 3.05) is 6.61 Å². The van der Waals surface area contributed by atoms with E-state index in [9.17, 15) is 4.79 Å². The van der Waals surface area contributed by atoms with E-state index in [0.29, 0.717) is 23.8 Å². The molecule has 2 rings (SSSR count). The van der Waals surface area contributed by atoms with Gasteiger partial charge in [-0.2, -0.15) is 0 Å². The van der Waals surface area contributed by atoms with Crippen molar-refractivity contribution in [1.29, 1.82) is 0 Å². The first-order valence-electron chi connectivity index (χ1n) is 8.40. The number of hydrogen-bond donors (Lipinski definition) is 1. The van der Waals surface area contributed by atoms with Gasteiger partial charge < -0.3 is 14.8 Å². The summed E-state index contributed by atoms with van der Waals surface area (Å²) in [4.78, 5) is 12.4. The van der Waals surface area contributed by atoms with Crippen LogP contribution in [0, 0.1) is 6.92 Å². The highest BCUT2D eigenvalue weighted by molar-refractivity contribution is 6.30. The second kappa shape index (κ2) is 9.33. The van der Waals surface area contributed by atoms with Crippen molar-refractivity contribution in [2.24, 2.45) is 0 Å². The van der Waals surface area contributed by atoms with Gasteiger partial charge in [0.05, 0.1) is 6.04 Å². The highest BCUT2D eigenvalue weighted by Crippen LogP contribution is 2.19. The number of ether oxygens (including phenoxy) is 2. The predicted molar refractivity (Wildman–Crippen MR) is 100 cm³/mol. The third-order valence-electron chi connectivity index (χ3n) is 3.65. The fourth-order valence-electron chi connectivity index (χ4n) is 2.26. The lowest BCUT2D eigenvalue weighted by Gasteiger charge is -2.21. The van der Waals surface area contributed by atoms with Gasteiger partial charge in [0.15, 0.2) is 6.10 Å². The van der Waals surface area contributed by atoms with E-state index in [1.807, 2.05) is 45.0 Å². The number of carbonyl (C=O) groups is 1. The molecule has 2 atom stereocenters. The summed E-state index contributed by atoms with van der Waals surface area (Å²) < 4.78 is 11.4. The largest absolute Gasteiger partial charge is 0.491 e. The van der Waals surface area contributed by atoms with Crippen LogP contribution in [0.25, 0.3) is 0 Å². The molecule has 5 heteroatoms. The lowest BCUT2D eigenvalue weighted by Crippen LogP contribution is -2.44. The van der Waals surface area contributed by atoms with Gasteiger partial charge >= 0.3 is 0 Å². The quantitative estimate of drug-likeness (QED) is 0.758. The number of nitrogens with one attached hydrogen (secondary N) is 1. The van der Waals surface area contributed by atoms with Crippen molar-refractivity contribution in [3.8, 4) is 11.5 Å². The smallest absolute Gasteiger partial charge is 0.261 e. The van der Waals surface area contributed by atoms with Crippen LogP contribution in [0.3, 0.4) is 0 Å². The summed E-state index contributed by atoms with van der Waals surface area (Å²) in [6, 6.07) is 14.7. The number of halogens is 1. The molecule has 0 aliphatic rings. The zero-order chi connectivity index (χ0) is 18.2. The lowest BCUT2D eigenvalue weighted by atomic mass is 10.2. The van der Waals surface area contributed by atoms with Gasteiger partial charge in [-0.05, 0) is 50.6 Å². The van der Waals surface area contributed by atoms with E-state index in [4.69, 9.17) is 21.1 Å². The summed E-state index contributed by atoms with van der Waals surface area (Å²) in [6.07, 6.45) is -0.00976. The monoisotopic (exact) mass is 361 g/mol. The average molecular weight is 362 g/mol. The van der Waals surface area contributed by atoms with E-state index >= 15 is 0 Å². The van der Waals surface area contributed by atoms with Crippen LogP contribution >= 0.6 is 11.6 Å². The number of aryl methyl sites for hydroxylation is 1. The first-order chi connectivity index (χ1) is 12.0. The minimum absolute atomic E-state index is 0.134. The molecule has 0 aliphatic heterocycles. The molecule has 2 aromatic rings. The Morgan fingerprint density at radius 3 is 2.52 bits per heavy atom. The Balaban J connectivity index is 1.84. The molecule has 0 bridgehead atoms. The first-order valence-corrected chi connectivity index (χ1v) is 8.77. The fraction of sp³-hybridized carbons (Fsp3) is 0.350. The molecule has 0 saturated heterocycles. The summed E-state index contributed by atoms with van der Waals surface area (Å²) in [5.74, 6) is 1.20. The van der Waals surface area contributed by atoms with Crippen molar-refractivity contribution in [3.05, 3.63) is 59.1 Å². The molecule has 2 aromatic carbocycles. The molecule has 1 N–H and O–H groups in total. The van der Waals surface area contributed by atoms with Gasteiger partial charge in [0.1, 0.15) is 18.1 Å². The van der Waals surface area contributed by atoms with Gasteiger partial charge in [0.2, 0.25) is 0 Å². The number of benzene rings is 2. The number of rotatable bonds is 8. The average Bonchev–Trinajstić information content (AvgIpc) is 2.59. The molecular formula is C20H24ClNO3. The maximum absolute atomic E-state index is 12.4. The minimum Gasteiger partial charge on any atom is -0.491 e. The van der Waals surface area contributed by atoms with Crippen LogP contribution in [-0.4, -0.2) is 24.7 Å². The van der Waals surface area contributed by atoms with Crippen LogP contribution in [0.5, 0.6) is 11.5 Å². The second-order valence-corrected chi connectivity index (χ2v) is 6.44. The topological polar surface area (TPSA) is 47.6 Å². The molecule has 0 heterocycles. The SMILES string of the molecule is CC[C@H](Oc1cccc(Cl)c1)C(=O)N[C@@H](C)COc1ccc(C)cc1. The first kappa shape index (κ1) is 19.1. The Morgan fingerprint density at radius 2 is 1.88 bits per heavy atom.